The Labute approximate surface area is 91.6 Å². The lowest BCUT2D eigenvalue weighted by molar-refractivity contribution is 0.485. The molecular formula is C13H17Cl. The van der Waals surface area contributed by atoms with Gasteiger partial charge in [0.05, 0.1) is 0 Å². The van der Waals surface area contributed by atoms with Crippen LogP contribution in [-0.2, 0) is 6.42 Å². The van der Waals surface area contributed by atoms with Crippen LogP contribution in [0.1, 0.15) is 18.1 Å². The Morgan fingerprint density at radius 3 is 2.57 bits per heavy atom. The van der Waals surface area contributed by atoms with Gasteiger partial charge in [0.2, 0.25) is 0 Å². The SMILES string of the molecule is C=CC(C)(CCl)Cc1ccccc1C. The zero-order valence-corrected chi connectivity index (χ0v) is 9.64. The molecule has 1 atom stereocenters. The van der Waals surface area contributed by atoms with Gasteiger partial charge in [-0.15, -0.1) is 18.2 Å². The maximum atomic E-state index is 5.94. The van der Waals surface area contributed by atoms with Gasteiger partial charge in [0.15, 0.2) is 0 Å². The lowest BCUT2D eigenvalue weighted by Crippen LogP contribution is -2.18. The molecule has 0 aliphatic carbocycles. The van der Waals surface area contributed by atoms with Crippen LogP contribution < -0.4 is 0 Å². The van der Waals surface area contributed by atoms with Crippen LogP contribution in [0.5, 0.6) is 0 Å². The molecule has 1 rings (SSSR count). The molecule has 0 bridgehead atoms. The normalized spacial score (nSPS) is 14.8. The summed E-state index contributed by atoms with van der Waals surface area (Å²) in [5.41, 5.74) is 2.69. The lowest BCUT2D eigenvalue weighted by atomic mass is 9.84. The molecule has 1 aromatic rings. The number of benzene rings is 1. The molecule has 0 nitrogen and oxygen atoms in total. The molecule has 0 aliphatic rings. The van der Waals surface area contributed by atoms with E-state index in [1.54, 1.807) is 0 Å². The van der Waals surface area contributed by atoms with Crippen molar-refractivity contribution in [1.82, 2.24) is 0 Å². The highest BCUT2D eigenvalue weighted by Crippen LogP contribution is 2.26. The maximum Gasteiger partial charge on any atom is 0.0315 e. The predicted molar refractivity (Wildman–Crippen MR) is 63.9 cm³/mol. The first kappa shape index (κ1) is 11.3. The topological polar surface area (TPSA) is 0 Å². The summed E-state index contributed by atoms with van der Waals surface area (Å²) < 4.78 is 0. The first-order valence-corrected chi connectivity index (χ1v) is 5.39. The summed E-state index contributed by atoms with van der Waals surface area (Å²) in [5, 5.41) is 0. The lowest BCUT2D eigenvalue weighted by Gasteiger charge is -2.23. The zero-order valence-electron chi connectivity index (χ0n) is 8.89. The minimum Gasteiger partial charge on any atom is -0.126 e. The highest BCUT2D eigenvalue weighted by atomic mass is 35.5. The van der Waals surface area contributed by atoms with Crippen molar-refractivity contribution >= 4 is 11.6 Å². The molecule has 0 amide bonds. The molecule has 0 aromatic heterocycles. The molecule has 0 radical (unpaired) electrons. The number of hydrogen-bond donors (Lipinski definition) is 0. The quantitative estimate of drug-likeness (QED) is 0.519. The molecule has 1 unspecified atom stereocenters. The predicted octanol–water partition coefficient (Wildman–Crippen LogP) is 3.97. The van der Waals surface area contributed by atoms with E-state index >= 15 is 0 Å². The van der Waals surface area contributed by atoms with Gasteiger partial charge in [-0.05, 0) is 24.5 Å². The second kappa shape index (κ2) is 4.65. The molecule has 0 heterocycles. The highest BCUT2D eigenvalue weighted by Gasteiger charge is 2.19. The fourth-order valence-corrected chi connectivity index (χ4v) is 1.62. The largest absolute Gasteiger partial charge is 0.126 e. The summed E-state index contributed by atoms with van der Waals surface area (Å²) in [6.45, 7) is 8.12. The van der Waals surface area contributed by atoms with Crippen molar-refractivity contribution in [2.45, 2.75) is 20.3 Å². The number of alkyl halides is 1. The average molecular weight is 209 g/mol. The minimum absolute atomic E-state index is 0.00761. The highest BCUT2D eigenvalue weighted by molar-refractivity contribution is 6.18. The van der Waals surface area contributed by atoms with Gasteiger partial charge < -0.3 is 0 Å². The van der Waals surface area contributed by atoms with Crippen molar-refractivity contribution in [2.75, 3.05) is 5.88 Å². The Balaban J connectivity index is 2.87. The molecule has 1 aromatic carbocycles. The number of hydrogen-bond acceptors (Lipinski definition) is 0. The summed E-state index contributed by atoms with van der Waals surface area (Å²) in [6.07, 6.45) is 2.92. The third-order valence-electron chi connectivity index (χ3n) is 2.65. The molecule has 0 N–H and O–H groups in total. The molecule has 0 aliphatic heterocycles. The Morgan fingerprint density at radius 1 is 1.43 bits per heavy atom. The van der Waals surface area contributed by atoms with Gasteiger partial charge in [-0.25, -0.2) is 0 Å². The van der Waals surface area contributed by atoms with E-state index in [2.05, 4.69) is 44.7 Å². The third-order valence-corrected chi connectivity index (χ3v) is 3.26. The molecule has 0 saturated carbocycles. The summed E-state index contributed by atoms with van der Waals surface area (Å²) in [7, 11) is 0. The van der Waals surface area contributed by atoms with Crippen LogP contribution in [-0.4, -0.2) is 5.88 Å². The third kappa shape index (κ3) is 2.62. The van der Waals surface area contributed by atoms with E-state index < -0.39 is 0 Å². The van der Waals surface area contributed by atoms with Crippen LogP contribution in [0, 0.1) is 12.3 Å². The van der Waals surface area contributed by atoms with Crippen LogP contribution in [0.4, 0.5) is 0 Å². The second-order valence-electron chi connectivity index (χ2n) is 4.10. The summed E-state index contributed by atoms with van der Waals surface area (Å²) >= 11 is 5.94. The van der Waals surface area contributed by atoms with Crippen molar-refractivity contribution in [3.05, 3.63) is 48.0 Å². The number of allylic oxidation sites excluding steroid dienone is 1. The van der Waals surface area contributed by atoms with Gasteiger partial charge in [0.1, 0.15) is 0 Å². The van der Waals surface area contributed by atoms with E-state index in [-0.39, 0.29) is 5.41 Å². The maximum absolute atomic E-state index is 5.94. The van der Waals surface area contributed by atoms with Gasteiger partial charge in [-0.1, -0.05) is 37.3 Å². The first-order chi connectivity index (χ1) is 6.61. The molecule has 0 fully saturated rings. The number of aryl methyl sites for hydroxylation is 1. The van der Waals surface area contributed by atoms with Crippen molar-refractivity contribution in [2.24, 2.45) is 5.41 Å². The number of rotatable bonds is 4. The Kier molecular flexibility index (Phi) is 3.77. The monoisotopic (exact) mass is 208 g/mol. The molecular weight excluding hydrogens is 192 g/mol. The van der Waals surface area contributed by atoms with Crippen LogP contribution >= 0.6 is 11.6 Å². The van der Waals surface area contributed by atoms with E-state index in [1.807, 2.05) is 6.08 Å². The van der Waals surface area contributed by atoms with Gasteiger partial charge in [-0.2, -0.15) is 0 Å². The molecule has 76 valence electrons. The van der Waals surface area contributed by atoms with E-state index in [1.165, 1.54) is 11.1 Å². The van der Waals surface area contributed by atoms with Gasteiger partial charge in [0.25, 0.3) is 0 Å². The fourth-order valence-electron chi connectivity index (χ4n) is 1.42. The van der Waals surface area contributed by atoms with E-state index in [4.69, 9.17) is 11.6 Å². The van der Waals surface area contributed by atoms with E-state index in [0.717, 1.165) is 6.42 Å². The van der Waals surface area contributed by atoms with Crippen LogP contribution in [0.25, 0.3) is 0 Å². The second-order valence-corrected chi connectivity index (χ2v) is 4.36. The van der Waals surface area contributed by atoms with Gasteiger partial charge in [-0.3, -0.25) is 0 Å². The van der Waals surface area contributed by atoms with Crippen molar-refractivity contribution < 1.29 is 0 Å². The smallest absolute Gasteiger partial charge is 0.0315 e. The standard InChI is InChI=1S/C13H17Cl/c1-4-13(3,10-14)9-12-8-6-5-7-11(12)2/h4-8H,1,9-10H2,2-3H3. The van der Waals surface area contributed by atoms with E-state index in [0.29, 0.717) is 5.88 Å². The van der Waals surface area contributed by atoms with Crippen molar-refractivity contribution in [3.63, 3.8) is 0 Å². The van der Waals surface area contributed by atoms with Crippen molar-refractivity contribution in [1.29, 1.82) is 0 Å². The molecule has 0 saturated heterocycles. The van der Waals surface area contributed by atoms with Crippen molar-refractivity contribution in [3.8, 4) is 0 Å². The molecule has 14 heavy (non-hydrogen) atoms. The molecule has 0 spiro atoms. The summed E-state index contributed by atoms with van der Waals surface area (Å²) in [5.74, 6) is 0.616. The van der Waals surface area contributed by atoms with E-state index in [9.17, 15) is 0 Å². The minimum atomic E-state index is 0.00761. The summed E-state index contributed by atoms with van der Waals surface area (Å²) in [4.78, 5) is 0. The van der Waals surface area contributed by atoms with Crippen LogP contribution in [0.15, 0.2) is 36.9 Å². The van der Waals surface area contributed by atoms with Crippen LogP contribution in [0.3, 0.4) is 0 Å². The molecule has 1 heteroatoms. The summed E-state index contributed by atoms with van der Waals surface area (Å²) in [6, 6.07) is 8.42. The van der Waals surface area contributed by atoms with Gasteiger partial charge in [0, 0.05) is 11.3 Å². The Hall–Kier alpha value is -0.750. The average Bonchev–Trinajstić information content (AvgIpc) is 2.21. The van der Waals surface area contributed by atoms with Crippen LogP contribution in [0.2, 0.25) is 0 Å². The zero-order chi connectivity index (χ0) is 10.6. The Bertz CT molecular complexity index is 317. The Morgan fingerprint density at radius 2 is 2.07 bits per heavy atom. The number of halogens is 1. The fraction of sp³-hybridized carbons (Fsp3) is 0.385. The first-order valence-electron chi connectivity index (χ1n) is 4.85. The van der Waals surface area contributed by atoms with Gasteiger partial charge >= 0.3 is 0 Å².